The molecular weight excluding hydrogens is 476 g/mol. The van der Waals surface area contributed by atoms with Gasteiger partial charge in [0, 0.05) is 34.7 Å². The average Bonchev–Trinajstić information content (AvgIpc) is 3.15. The third-order valence-corrected chi connectivity index (χ3v) is 6.82. The van der Waals surface area contributed by atoms with Crippen LogP contribution in [-0.4, -0.2) is 31.7 Å². The second kappa shape index (κ2) is 7.94. The van der Waals surface area contributed by atoms with E-state index in [0.29, 0.717) is 36.1 Å². The Bertz CT molecular complexity index is 1330. The fourth-order valence-corrected chi connectivity index (χ4v) is 4.82. The highest BCUT2D eigenvalue weighted by atomic mass is 79.9. The maximum absolute atomic E-state index is 13.3. The summed E-state index contributed by atoms with van der Waals surface area (Å²) in [6, 6.07) is 11.4. The summed E-state index contributed by atoms with van der Waals surface area (Å²) in [6.45, 7) is 0.172. The Kier molecular flexibility index (Phi) is 5.22. The van der Waals surface area contributed by atoms with Gasteiger partial charge in [-0.15, -0.1) is 0 Å². The maximum Gasteiger partial charge on any atom is 0.343 e. The minimum Gasteiger partial charge on any atom is -0.458 e. The Labute approximate surface area is 192 Å². The van der Waals surface area contributed by atoms with Crippen molar-refractivity contribution in [2.24, 2.45) is 0 Å². The molecule has 3 aromatic rings. The second-order valence-electron chi connectivity index (χ2n) is 8.27. The Hall–Kier alpha value is -2.84. The quantitative estimate of drug-likeness (QED) is 0.325. The lowest BCUT2D eigenvalue weighted by Crippen LogP contribution is -2.45. The smallest absolute Gasteiger partial charge is 0.343 e. The lowest BCUT2D eigenvalue weighted by atomic mass is 9.83. The van der Waals surface area contributed by atoms with Crippen molar-refractivity contribution in [3.63, 3.8) is 0 Å². The van der Waals surface area contributed by atoms with Gasteiger partial charge < -0.3 is 14.4 Å². The number of Topliss-reactive ketones (excluding diaryl/α,β-unsaturated/α-hetero) is 1. The van der Waals surface area contributed by atoms with Crippen molar-refractivity contribution in [3.8, 4) is 11.4 Å². The largest absolute Gasteiger partial charge is 0.458 e. The highest BCUT2D eigenvalue weighted by Gasteiger charge is 2.46. The van der Waals surface area contributed by atoms with Crippen molar-refractivity contribution < 1.29 is 19.4 Å². The van der Waals surface area contributed by atoms with Gasteiger partial charge in [0.05, 0.1) is 29.0 Å². The fourth-order valence-electron chi connectivity index (χ4n) is 4.54. The van der Waals surface area contributed by atoms with Crippen LogP contribution in [0.4, 0.5) is 0 Å². The van der Waals surface area contributed by atoms with E-state index < -0.39 is 11.6 Å². The summed E-state index contributed by atoms with van der Waals surface area (Å²) in [4.78, 5) is 42.9. The van der Waals surface area contributed by atoms with E-state index in [9.17, 15) is 19.5 Å². The molecule has 0 radical (unpaired) electrons. The van der Waals surface area contributed by atoms with Crippen LogP contribution in [0.5, 0.6) is 0 Å². The Morgan fingerprint density at radius 1 is 1.22 bits per heavy atom. The zero-order valence-electron chi connectivity index (χ0n) is 17.3. The molecule has 0 spiro atoms. The first-order valence-electron chi connectivity index (χ1n) is 10.6. The molecule has 0 fully saturated rings. The number of carbonyl (C=O) groups excluding carboxylic acids is 2. The molecular formula is C24H21BrN2O5. The number of para-hydroxylation sites is 1. The first-order chi connectivity index (χ1) is 15.4. The molecule has 1 N–H and O–H groups in total. The fraction of sp³-hybridized carbons (Fsp3) is 0.333. The van der Waals surface area contributed by atoms with Crippen molar-refractivity contribution >= 4 is 38.6 Å². The van der Waals surface area contributed by atoms with Crippen LogP contribution < -0.4 is 5.56 Å². The van der Waals surface area contributed by atoms with E-state index in [0.717, 1.165) is 16.5 Å². The van der Waals surface area contributed by atoms with Crippen LogP contribution in [0.1, 0.15) is 42.4 Å². The number of alkyl halides is 1. The van der Waals surface area contributed by atoms with Crippen molar-refractivity contribution in [3.05, 3.63) is 63.4 Å². The number of nitrogens with zero attached hydrogens (tertiary/aromatic N) is 2. The molecule has 0 aliphatic carbocycles. The highest BCUT2D eigenvalue weighted by molar-refractivity contribution is 9.09. The normalized spacial score (nSPS) is 18.8. The zero-order chi connectivity index (χ0) is 22.5. The van der Waals surface area contributed by atoms with Gasteiger partial charge >= 0.3 is 5.97 Å². The minimum atomic E-state index is -2.04. The summed E-state index contributed by atoms with van der Waals surface area (Å²) in [5.41, 5.74) is 1.07. The number of aliphatic hydroxyl groups is 1. The van der Waals surface area contributed by atoms with Gasteiger partial charge in [0.1, 0.15) is 12.4 Å². The molecule has 1 aromatic carbocycles. The molecule has 2 aromatic heterocycles. The summed E-state index contributed by atoms with van der Waals surface area (Å²) in [5, 5.41) is 13.0. The van der Waals surface area contributed by atoms with Gasteiger partial charge in [-0.1, -0.05) is 34.1 Å². The molecule has 8 heteroatoms. The molecule has 164 valence electrons. The number of hydrogen-bond acceptors (Lipinski definition) is 6. The molecule has 5 rings (SSSR count). The summed E-state index contributed by atoms with van der Waals surface area (Å²) in [5.74, 6) is -0.874. The number of pyridine rings is 2. The van der Waals surface area contributed by atoms with Gasteiger partial charge in [-0.2, -0.15) is 0 Å². The number of hydrogen-bond donors (Lipinski definition) is 1. The Morgan fingerprint density at radius 2 is 2.03 bits per heavy atom. The number of cyclic esters (lactones) is 1. The van der Waals surface area contributed by atoms with Crippen molar-refractivity contribution in [2.75, 3.05) is 5.33 Å². The van der Waals surface area contributed by atoms with E-state index in [1.54, 1.807) is 10.6 Å². The number of rotatable bonds is 6. The summed E-state index contributed by atoms with van der Waals surface area (Å²) in [7, 11) is 0. The molecule has 2 aliphatic rings. The second-order valence-corrected chi connectivity index (χ2v) is 9.06. The van der Waals surface area contributed by atoms with Crippen LogP contribution in [-0.2, 0) is 33.1 Å². The summed E-state index contributed by atoms with van der Waals surface area (Å²) >= 11 is 3.29. The average molecular weight is 497 g/mol. The molecule has 0 amide bonds. The van der Waals surface area contributed by atoms with E-state index in [1.807, 2.05) is 30.3 Å². The number of ether oxygens (including phenoxy) is 1. The van der Waals surface area contributed by atoms with Gasteiger partial charge in [0.15, 0.2) is 5.60 Å². The molecule has 0 saturated carbocycles. The lowest BCUT2D eigenvalue weighted by Gasteiger charge is -2.32. The lowest BCUT2D eigenvalue weighted by molar-refractivity contribution is -0.173. The highest BCUT2D eigenvalue weighted by Crippen LogP contribution is 2.39. The first kappa shape index (κ1) is 21.0. The third kappa shape index (κ3) is 3.29. The summed E-state index contributed by atoms with van der Waals surface area (Å²) < 4.78 is 6.78. The van der Waals surface area contributed by atoms with Crippen LogP contribution in [0.25, 0.3) is 22.3 Å². The van der Waals surface area contributed by atoms with Crippen molar-refractivity contribution in [1.29, 1.82) is 0 Å². The first-order valence-corrected chi connectivity index (χ1v) is 11.7. The molecule has 1 atom stereocenters. The van der Waals surface area contributed by atoms with Gasteiger partial charge in [0.2, 0.25) is 0 Å². The SMILES string of the molecule is O=C(CCCBr)CC[C@@]1(O)C(=O)OCc2c1cc1n(c2=O)Cc2cc3ccccc3nc2-1. The van der Waals surface area contributed by atoms with Crippen LogP contribution in [0.15, 0.2) is 41.2 Å². The van der Waals surface area contributed by atoms with Gasteiger partial charge in [0.25, 0.3) is 5.56 Å². The van der Waals surface area contributed by atoms with Gasteiger partial charge in [-0.25, -0.2) is 9.78 Å². The number of carbonyl (C=O) groups is 2. The number of ketones is 1. The number of fused-ring (bicyclic) bond motifs is 5. The predicted molar refractivity (Wildman–Crippen MR) is 122 cm³/mol. The number of halogens is 1. The third-order valence-electron chi connectivity index (χ3n) is 6.26. The molecule has 0 bridgehead atoms. The van der Waals surface area contributed by atoms with Crippen LogP contribution in [0.2, 0.25) is 0 Å². The minimum absolute atomic E-state index is 0.0237. The molecule has 32 heavy (non-hydrogen) atoms. The monoisotopic (exact) mass is 496 g/mol. The molecule has 4 heterocycles. The van der Waals surface area contributed by atoms with Crippen LogP contribution in [0, 0.1) is 0 Å². The topological polar surface area (TPSA) is 98.5 Å². The van der Waals surface area contributed by atoms with Gasteiger partial charge in [-0.3, -0.25) is 9.59 Å². The predicted octanol–water partition coefficient (Wildman–Crippen LogP) is 3.19. The zero-order valence-corrected chi connectivity index (χ0v) is 18.9. The molecule has 2 aliphatic heterocycles. The maximum atomic E-state index is 13.3. The van der Waals surface area contributed by atoms with E-state index in [-0.39, 0.29) is 41.9 Å². The van der Waals surface area contributed by atoms with Crippen LogP contribution in [0.3, 0.4) is 0 Å². The van der Waals surface area contributed by atoms with Crippen molar-refractivity contribution in [1.82, 2.24) is 9.55 Å². The standard InChI is InChI=1S/C24H21BrN2O5/c25-9-3-5-16(28)7-8-24(31)18-11-20-21-15(10-14-4-1-2-6-19(14)26-21)12-27(20)22(29)17(18)13-32-23(24)30/h1-2,4,6,10-11,31H,3,5,7-9,12-13H2/t24-/m0/s1. The van der Waals surface area contributed by atoms with E-state index >= 15 is 0 Å². The number of aromatic nitrogens is 2. The van der Waals surface area contributed by atoms with Crippen LogP contribution >= 0.6 is 15.9 Å². The van der Waals surface area contributed by atoms with E-state index in [4.69, 9.17) is 9.72 Å². The number of benzene rings is 1. The number of esters is 1. The summed E-state index contributed by atoms with van der Waals surface area (Å²) in [6.07, 6.45) is 0.945. The van der Waals surface area contributed by atoms with Gasteiger partial charge in [-0.05, 0) is 31.0 Å². The van der Waals surface area contributed by atoms with E-state index in [1.165, 1.54) is 0 Å². The molecule has 7 nitrogen and oxygen atoms in total. The Morgan fingerprint density at radius 3 is 2.84 bits per heavy atom. The van der Waals surface area contributed by atoms with E-state index in [2.05, 4.69) is 15.9 Å². The Balaban J connectivity index is 1.60. The molecule has 0 saturated heterocycles. The molecule has 0 unspecified atom stereocenters. The van der Waals surface area contributed by atoms with Crippen molar-refractivity contribution in [2.45, 2.75) is 44.4 Å².